The van der Waals surface area contributed by atoms with E-state index in [-0.39, 0.29) is 17.1 Å². The number of carbonyl (C=O) groups excluding carboxylic acids is 2. The topological polar surface area (TPSA) is 85.1 Å². The zero-order chi connectivity index (χ0) is 13.0. The molecular weight excluding hydrogens is 258 g/mol. The lowest BCUT2D eigenvalue weighted by Gasteiger charge is -2.17. The van der Waals surface area contributed by atoms with Gasteiger partial charge in [0.1, 0.15) is 0 Å². The Balaban J connectivity index is 2.73. The van der Waals surface area contributed by atoms with E-state index in [4.69, 9.17) is 5.73 Å². The van der Waals surface area contributed by atoms with Gasteiger partial charge in [-0.25, -0.2) is 9.78 Å². The van der Waals surface area contributed by atoms with Crippen molar-refractivity contribution in [2.24, 2.45) is 11.7 Å². The second-order valence-corrected chi connectivity index (χ2v) is 6.14. The van der Waals surface area contributed by atoms with Crippen LogP contribution in [0.3, 0.4) is 0 Å². The number of primary amides is 1. The van der Waals surface area contributed by atoms with Crippen LogP contribution >= 0.6 is 23.1 Å². The minimum atomic E-state index is -0.823. The number of rotatable bonds is 4. The predicted octanol–water partition coefficient (Wildman–Crippen LogP) is 1.76. The summed E-state index contributed by atoms with van der Waals surface area (Å²) in [7, 11) is 0. The number of amides is 3. The van der Waals surface area contributed by atoms with Crippen molar-refractivity contribution in [3.63, 3.8) is 0 Å². The Kier molecular flexibility index (Phi) is 4.95. The van der Waals surface area contributed by atoms with Crippen molar-refractivity contribution in [3.8, 4) is 0 Å². The first kappa shape index (κ1) is 14.0. The number of aromatic nitrogens is 1. The van der Waals surface area contributed by atoms with Gasteiger partial charge in [0.25, 0.3) is 0 Å². The second kappa shape index (κ2) is 6.02. The van der Waals surface area contributed by atoms with Crippen LogP contribution in [0, 0.1) is 12.8 Å². The highest BCUT2D eigenvalue weighted by atomic mass is 32.2. The van der Waals surface area contributed by atoms with Gasteiger partial charge < -0.3 is 5.73 Å². The molecule has 7 heteroatoms. The molecule has 1 aromatic heterocycles. The van der Waals surface area contributed by atoms with E-state index in [9.17, 15) is 9.59 Å². The molecule has 1 heterocycles. The van der Waals surface area contributed by atoms with Gasteiger partial charge in [0.05, 0.1) is 5.25 Å². The minimum absolute atomic E-state index is 0.0866. The smallest absolute Gasteiger partial charge is 0.318 e. The van der Waals surface area contributed by atoms with Gasteiger partial charge in [-0.2, -0.15) is 0 Å². The third kappa shape index (κ3) is 4.35. The number of imide groups is 1. The van der Waals surface area contributed by atoms with E-state index >= 15 is 0 Å². The monoisotopic (exact) mass is 273 g/mol. The molecule has 5 nitrogen and oxygen atoms in total. The van der Waals surface area contributed by atoms with Crippen molar-refractivity contribution in [3.05, 3.63) is 11.1 Å². The minimum Gasteiger partial charge on any atom is -0.351 e. The Morgan fingerprint density at radius 1 is 1.53 bits per heavy atom. The standard InChI is InChI=1S/C10H15N3O2S2/c1-5(2)7(8(14)13-9(11)15)17-10-12-6(3)4-16-10/h4-5,7H,1-3H3,(H3,11,13,14,15)/t7-/m0/s1. The maximum atomic E-state index is 11.8. The molecule has 0 bridgehead atoms. The summed E-state index contributed by atoms with van der Waals surface area (Å²) in [4.78, 5) is 26.7. The number of nitrogens with one attached hydrogen (secondary N) is 1. The van der Waals surface area contributed by atoms with Crippen LogP contribution in [0.5, 0.6) is 0 Å². The number of nitrogens with two attached hydrogens (primary N) is 1. The van der Waals surface area contributed by atoms with Crippen molar-refractivity contribution in [1.82, 2.24) is 10.3 Å². The molecule has 17 heavy (non-hydrogen) atoms. The van der Waals surface area contributed by atoms with Gasteiger partial charge in [0.15, 0.2) is 4.34 Å². The molecule has 0 aliphatic heterocycles. The highest BCUT2D eigenvalue weighted by Gasteiger charge is 2.25. The molecule has 0 saturated carbocycles. The quantitative estimate of drug-likeness (QED) is 0.819. The number of thiazole rings is 1. The Morgan fingerprint density at radius 3 is 2.59 bits per heavy atom. The maximum absolute atomic E-state index is 11.8. The molecule has 0 aliphatic carbocycles. The molecule has 0 aromatic carbocycles. The number of urea groups is 1. The third-order valence-electron chi connectivity index (χ3n) is 1.94. The van der Waals surface area contributed by atoms with Crippen molar-refractivity contribution in [1.29, 1.82) is 0 Å². The summed E-state index contributed by atoms with van der Waals surface area (Å²) < 4.78 is 0.820. The van der Waals surface area contributed by atoms with E-state index in [1.165, 1.54) is 23.1 Å². The number of aryl methyl sites for hydroxylation is 1. The zero-order valence-corrected chi connectivity index (χ0v) is 11.5. The zero-order valence-electron chi connectivity index (χ0n) is 9.89. The average molecular weight is 273 g/mol. The Labute approximate surface area is 108 Å². The number of hydrogen-bond donors (Lipinski definition) is 2. The highest BCUT2D eigenvalue weighted by molar-refractivity contribution is 8.02. The molecule has 0 aliphatic rings. The first-order valence-electron chi connectivity index (χ1n) is 5.09. The van der Waals surface area contributed by atoms with E-state index in [2.05, 4.69) is 10.3 Å². The average Bonchev–Trinajstić information content (AvgIpc) is 2.58. The molecule has 0 fully saturated rings. The van der Waals surface area contributed by atoms with Crippen LogP contribution in [0.15, 0.2) is 9.72 Å². The molecule has 94 valence electrons. The van der Waals surface area contributed by atoms with Gasteiger partial charge in [0.2, 0.25) is 5.91 Å². The fourth-order valence-corrected chi connectivity index (χ4v) is 3.23. The number of thioether (sulfide) groups is 1. The van der Waals surface area contributed by atoms with Gasteiger partial charge >= 0.3 is 6.03 Å². The largest absolute Gasteiger partial charge is 0.351 e. The van der Waals surface area contributed by atoms with E-state index in [1.807, 2.05) is 26.2 Å². The first-order valence-corrected chi connectivity index (χ1v) is 6.85. The van der Waals surface area contributed by atoms with Gasteiger partial charge in [-0.3, -0.25) is 10.1 Å². The van der Waals surface area contributed by atoms with Crippen molar-refractivity contribution >= 4 is 35.0 Å². The molecule has 3 N–H and O–H groups in total. The lowest BCUT2D eigenvalue weighted by Crippen LogP contribution is -2.42. The molecule has 0 unspecified atom stereocenters. The summed E-state index contributed by atoms with van der Waals surface area (Å²) in [6.07, 6.45) is 0. The van der Waals surface area contributed by atoms with Crippen molar-refractivity contribution < 1.29 is 9.59 Å². The Bertz CT molecular complexity index is 417. The lowest BCUT2D eigenvalue weighted by molar-refractivity contribution is -0.120. The van der Waals surface area contributed by atoms with Crippen molar-refractivity contribution in [2.75, 3.05) is 0 Å². The summed E-state index contributed by atoms with van der Waals surface area (Å²) in [5.41, 5.74) is 5.86. The van der Waals surface area contributed by atoms with Crippen LogP contribution in [0.25, 0.3) is 0 Å². The fraction of sp³-hybridized carbons (Fsp3) is 0.500. The summed E-state index contributed by atoms with van der Waals surface area (Å²) >= 11 is 2.84. The van der Waals surface area contributed by atoms with Gasteiger partial charge in [-0.05, 0) is 12.8 Å². The SMILES string of the molecule is Cc1csc(S[C@H](C(=O)NC(N)=O)C(C)C)n1. The van der Waals surface area contributed by atoms with E-state index < -0.39 is 6.03 Å². The van der Waals surface area contributed by atoms with E-state index in [1.54, 1.807) is 0 Å². The fourth-order valence-electron chi connectivity index (χ4n) is 1.18. The highest BCUT2D eigenvalue weighted by Crippen LogP contribution is 2.30. The third-order valence-corrected chi connectivity index (χ3v) is 4.57. The molecule has 1 atom stereocenters. The number of hydrogen-bond acceptors (Lipinski definition) is 5. The van der Waals surface area contributed by atoms with Crippen LogP contribution in [0.2, 0.25) is 0 Å². The maximum Gasteiger partial charge on any atom is 0.318 e. The molecule has 1 aromatic rings. The molecule has 3 amide bonds. The van der Waals surface area contributed by atoms with Crippen LogP contribution in [0.1, 0.15) is 19.5 Å². The van der Waals surface area contributed by atoms with E-state index in [0.717, 1.165) is 10.0 Å². The first-order chi connectivity index (χ1) is 7.90. The summed E-state index contributed by atoms with van der Waals surface area (Å²) in [6.45, 7) is 5.73. The second-order valence-electron chi connectivity index (χ2n) is 3.89. The Morgan fingerprint density at radius 2 is 2.18 bits per heavy atom. The van der Waals surface area contributed by atoms with Gasteiger partial charge in [0, 0.05) is 11.1 Å². The molecule has 0 radical (unpaired) electrons. The van der Waals surface area contributed by atoms with Gasteiger partial charge in [-0.15, -0.1) is 11.3 Å². The Hall–Kier alpha value is -1.08. The summed E-state index contributed by atoms with van der Waals surface area (Å²) in [6, 6.07) is -0.823. The predicted molar refractivity (Wildman–Crippen MR) is 69.1 cm³/mol. The normalized spacial score (nSPS) is 12.5. The van der Waals surface area contributed by atoms with Crippen LogP contribution in [-0.2, 0) is 4.79 Å². The molecular formula is C10H15N3O2S2. The molecule has 1 rings (SSSR count). The van der Waals surface area contributed by atoms with Crippen LogP contribution in [-0.4, -0.2) is 22.2 Å². The molecule has 0 spiro atoms. The van der Waals surface area contributed by atoms with Crippen LogP contribution in [0.4, 0.5) is 4.79 Å². The van der Waals surface area contributed by atoms with Crippen molar-refractivity contribution in [2.45, 2.75) is 30.4 Å². The van der Waals surface area contributed by atoms with Gasteiger partial charge in [-0.1, -0.05) is 25.6 Å². The number of carbonyl (C=O) groups is 2. The van der Waals surface area contributed by atoms with E-state index in [0.29, 0.717) is 0 Å². The van der Waals surface area contributed by atoms with Crippen LogP contribution < -0.4 is 11.1 Å². The lowest BCUT2D eigenvalue weighted by atomic mass is 10.1. The summed E-state index contributed by atoms with van der Waals surface area (Å²) in [5, 5.41) is 3.66. The number of nitrogens with zero attached hydrogens (tertiary/aromatic N) is 1. The summed E-state index contributed by atoms with van der Waals surface area (Å²) in [5.74, 6) is -0.283. The molecule has 0 saturated heterocycles.